The van der Waals surface area contributed by atoms with Crippen LogP contribution in [0, 0.1) is 17.8 Å². The number of fused-ring (bicyclic) bond motifs is 2. The summed E-state index contributed by atoms with van der Waals surface area (Å²) >= 11 is 0. The Hall–Kier alpha value is -1.09. The molecule has 17 heavy (non-hydrogen) atoms. The van der Waals surface area contributed by atoms with Crippen LogP contribution in [-0.2, 0) is 6.54 Å². The molecular formula is C14H21N3. The summed E-state index contributed by atoms with van der Waals surface area (Å²) in [5.41, 5.74) is 0. The van der Waals surface area contributed by atoms with Crippen LogP contribution in [0.25, 0.3) is 0 Å². The lowest BCUT2D eigenvalue weighted by Crippen LogP contribution is -2.26. The third kappa shape index (κ3) is 2.60. The van der Waals surface area contributed by atoms with E-state index in [9.17, 15) is 0 Å². The molecule has 2 bridgehead atoms. The van der Waals surface area contributed by atoms with E-state index >= 15 is 0 Å². The molecule has 2 aliphatic carbocycles. The Morgan fingerprint density at radius 2 is 2.29 bits per heavy atom. The van der Waals surface area contributed by atoms with Crippen LogP contribution in [0.2, 0.25) is 0 Å². The summed E-state index contributed by atoms with van der Waals surface area (Å²) < 4.78 is 2.00. The first-order valence-corrected chi connectivity index (χ1v) is 6.78. The van der Waals surface area contributed by atoms with E-state index in [0.717, 1.165) is 30.8 Å². The molecule has 3 atom stereocenters. The van der Waals surface area contributed by atoms with E-state index in [1.165, 1.54) is 25.8 Å². The van der Waals surface area contributed by atoms with Gasteiger partial charge in [-0.05, 0) is 56.2 Å². The standard InChI is InChI=1S/C14H21N3/c1(7-17-8-2-6-16-17)5-15-11-14-10-12-3-4-13(14)9-12/h2-4,6,8,12-15H,1,5,7,9-11H2. The summed E-state index contributed by atoms with van der Waals surface area (Å²) in [6, 6.07) is 1.98. The normalized spacial score (nSPS) is 30.2. The number of allylic oxidation sites excluding steroid dienone is 2. The molecule has 0 saturated heterocycles. The Morgan fingerprint density at radius 3 is 3.00 bits per heavy atom. The maximum absolute atomic E-state index is 4.20. The average molecular weight is 231 g/mol. The molecule has 92 valence electrons. The number of hydrogen-bond acceptors (Lipinski definition) is 2. The smallest absolute Gasteiger partial charge is 0.0489 e. The fourth-order valence-electron chi connectivity index (χ4n) is 3.22. The van der Waals surface area contributed by atoms with Crippen molar-refractivity contribution in [3.8, 4) is 0 Å². The van der Waals surface area contributed by atoms with Crippen molar-refractivity contribution < 1.29 is 0 Å². The fourth-order valence-corrected chi connectivity index (χ4v) is 3.22. The minimum atomic E-state index is 0.874. The Labute approximate surface area is 103 Å². The maximum atomic E-state index is 4.20. The van der Waals surface area contributed by atoms with Crippen LogP contribution in [0.1, 0.15) is 19.3 Å². The molecular weight excluding hydrogens is 210 g/mol. The summed E-state index contributed by atoms with van der Waals surface area (Å²) in [5.74, 6) is 2.67. The van der Waals surface area contributed by atoms with Gasteiger partial charge < -0.3 is 5.32 Å². The number of aromatic nitrogens is 2. The van der Waals surface area contributed by atoms with Crippen LogP contribution < -0.4 is 5.32 Å². The van der Waals surface area contributed by atoms with Crippen LogP contribution in [0.15, 0.2) is 30.6 Å². The fraction of sp³-hybridized carbons (Fsp3) is 0.643. The van der Waals surface area contributed by atoms with Crippen molar-refractivity contribution in [3.05, 3.63) is 30.6 Å². The van der Waals surface area contributed by atoms with Gasteiger partial charge in [0.1, 0.15) is 0 Å². The van der Waals surface area contributed by atoms with E-state index in [1.54, 1.807) is 0 Å². The Morgan fingerprint density at radius 1 is 1.29 bits per heavy atom. The summed E-state index contributed by atoms with van der Waals surface area (Å²) in [5, 5.41) is 7.80. The molecule has 3 heteroatoms. The molecule has 3 nitrogen and oxygen atoms in total. The monoisotopic (exact) mass is 231 g/mol. The maximum Gasteiger partial charge on any atom is 0.0489 e. The third-order valence-corrected chi connectivity index (χ3v) is 4.12. The molecule has 0 radical (unpaired) electrons. The number of rotatable bonds is 6. The zero-order chi connectivity index (χ0) is 11.5. The van der Waals surface area contributed by atoms with Gasteiger partial charge in [-0.1, -0.05) is 12.2 Å². The Bertz CT molecular complexity index is 369. The van der Waals surface area contributed by atoms with E-state index < -0.39 is 0 Å². The molecule has 3 rings (SSSR count). The van der Waals surface area contributed by atoms with Crippen LogP contribution in [0.3, 0.4) is 0 Å². The van der Waals surface area contributed by atoms with Crippen molar-refractivity contribution in [2.45, 2.75) is 25.8 Å². The Balaban J connectivity index is 1.30. The van der Waals surface area contributed by atoms with E-state index in [0.29, 0.717) is 0 Å². The van der Waals surface area contributed by atoms with Gasteiger partial charge in [0.05, 0.1) is 0 Å². The zero-order valence-electron chi connectivity index (χ0n) is 10.3. The Kier molecular flexibility index (Phi) is 3.27. The third-order valence-electron chi connectivity index (χ3n) is 4.12. The first-order valence-electron chi connectivity index (χ1n) is 6.78. The molecule has 1 N–H and O–H groups in total. The summed E-state index contributed by atoms with van der Waals surface area (Å²) in [4.78, 5) is 0. The van der Waals surface area contributed by atoms with Gasteiger partial charge in [0.25, 0.3) is 0 Å². The van der Waals surface area contributed by atoms with Crippen molar-refractivity contribution >= 4 is 0 Å². The van der Waals surface area contributed by atoms with Gasteiger partial charge >= 0.3 is 0 Å². The average Bonchev–Trinajstić information content (AvgIpc) is 3.05. The molecule has 2 aliphatic rings. The predicted molar refractivity (Wildman–Crippen MR) is 68.6 cm³/mol. The van der Waals surface area contributed by atoms with Crippen LogP contribution in [0.5, 0.6) is 0 Å². The van der Waals surface area contributed by atoms with Crippen molar-refractivity contribution in [1.29, 1.82) is 0 Å². The molecule has 1 fully saturated rings. The molecule has 1 aromatic rings. The lowest BCUT2D eigenvalue weighted by atomic mass is 9.94. The van der Waals surface area contributed by atoms with Crippen LogP contribution >= 0.6 is 0 Å². The quantitative estimate of drug-likeness (QED) is 0.600. The molecule has 1 aromatic heterocycles. The van der Waals surface area contributed by atoms with Gasteiger partial charge in [-0.2, -0.15) is 5.10 Å². The number of nitrogens with one attached hydrogen (secondary N) is 1. The minimum Gasteiger partial charge on any atom is -0.316 e. The van der Waals surface area contributed by atoms with Crippen molar-refractivity contribution in [3.63, 3.8) is 0 Å². The zero-order valence-corrected chi connectivity index (χ0v) is 10.3. The van der Waals surface area contributed by atoms with Crippen LogP contribution in [0.4, 0.5) is 0 Å². The number of aryl methyl sites for hydroxylation is 1. The SMILES string of the molecule is C1=CC2CC1CC2CNCCCn1cccn1. The second-order valence-corrected chi connectivity index (χ2v) is 5.37. The van der Waals surface area contributed by atoms with Crippen molar-refractivity contribution in [2.75, 3.05) is 13.1 Å². The second-order valence-electron chi connectivity index (χ2n) is 5.37. The van der Waals surface area contributed by atoms with Gasteiger partial charge in [-0.25, -0.2) is 0 Å². The van der Waals surface area contributed by atoms with Gasteiger partial charge in [0, 0.05) is 18.9 Å². The lowest BCUT2D eigenvalue weighted by Gasteiger charge is -2.18. The summed E-state index contributed by atoms with van der Waals surface area (Å²) in [6.45, 7) is 3.33. The molecule has 1 saturated carbocycles. The number of nitrogens with zero attached hydrogens (tertiary/aromatic N) is 2. The summed E-state index contributed by atoms with van der Waals surface area (Å²) in [6.07, 6.45) is 12.7. The van der Waals surface area contributed by atoms with E-state index in [2.05, 4.69) is 22.6 Å². The van der Waals surface area contributed by atoms with Gasteiger partial charge in [-0.15, -0.1) is 0 Å². The topological polar surface area (TPSA) is 29.9 Å². The molecule has 0 amide bonds. The first-order chi connectivity index (χ1) is 8.42. The van der Waals surface area contributed by atoms with Gasteiger partial charge in [0.2, 0.25) is 0 Å². The molecule has 1 heterocycles. The van der Waals surface area contributed by atoms with Gasteiger partial charge in [-0.3, -0.25) is 4.68 Å². The van der Waals surface area contributed by atoms with E-state index in [4.69, 9.17) is 0 Å². The first kappa shape index (κ1) is 11.0. The highest BCUT2D eigenvalue weighted by atomic mass is 15.3. The van der Waals surface area contributed by atoms with E-state index in [-0.39, 0.29) is 0 Å². The number of hydrogen-bond donors (Lipinski definition) is 1. The molecule has 0 spiro atoms. The molecule has 3 unspecified atom stereocenters. The largest absolute Gasteiger partial charge is 0.316 e. The molecule has 0 aromatic carbocycles. The predicted octanol–water partition coefficient (Wildman–Crippen LogP) is 2.08. The highest BCUT2D eigenvalue weighted by Gasteiger charge is 2.34. The summed E-state index contributed by atoms with van der Waals surface area (Å²) in [7, 11) is 0. The van der Waals surface area contributed by atoms with Crippen LogP contribution in [-0.4, -0.2) is 22.9 Å². The van der Waals surface area contributed by atoms with Crippen molar-refractivity contribution in [2.24, 2.45) is 17.8 Å². The highest BCUT2D eigenvalue weighted by Crippen LogP contribution is 2.42. The second kappa shape index (κ2) is 5.05. The highest BCUT2D eigenvalue weighted by molar-refractivity contribution is 5.10. The minimum absolute atomic E-state index is 0.874. The van der Waals surface area contributed by atoms with E-state index in [1.807, 2.05) is 23.1 Å². The van der Waals surface area contributed by atoms with Crippen molar-refractivity contribution in [1.82, 2.24) is 15.1 Å². The lowest BCUT2D eigenvalue weighted by molar-refractivity contribution is 0.408. The van der Waals surface area contributed by atoms with Gasteiger partial charge in [0.15, 0.2) is 0 Å². The molecule has 0 aliphatic heterocycles.